The molecule has 1 aliphatic rings. The maximum atomic E-state index is 13.8. The second-order valence-corrected chi connectivity index (χ2v) is 5.50. The first-order valence-electron chi connectivity index (χ1n) is 6.70. The molecule has 2 nitrogen and oxygen atoms in total. The van der Waals surface area contributed by atoms with Crippen molar-refractivity contribution in [1.82, 2.24) is 0 Å². The van der Waals surface area contributed by atoms with Crippen LogP contribution in [0, 0.1) is 18.7 Å². The van der Waals surface area contributed by atoms with Crippen LogP contribution in [0.15, 0.2) is 18.2 Å². The van der Waals surface area contributed by atoms with E-state index in [0.717, 1.165) is 25.0 Å². The number of rotatable bonds is 3. The van der Waals surface area contributed by atoms with Gasteiger partial charge in [0.1, 0.15) is 5.82 Å². The minimum Gasteiger partial charge on any atom is -0.380 e. The fourth-order valence-corrected chi connectivity index (χ4v) is 2.38. The van der Waals surface area contributed by atoms with Crippen LogP contribution in [0.1, 0.15) is 32.3 Å². The van der Waals surface area contributed by atoms with Crippen LogP contribution in [0.3, 0.4) is 0 Å². The Bertz CT molecular complexity index is 405. The summed E-state index contributed by atoms with van der Waals surface area (Å²) in [6, 6.07) is 5.64. The summed E-state index contributed by atoms with van der Waals surface area (Å²) in [7, 11) is 0. The molecule has 1 N–H and O–H groups in total. The summed E-state index contributed by atoms with van der Waals surface area (Å²) in [6.07, 6.45) is 2.17. The highest BCUT2D eigenvalue weighted by molar-refractivity contribution is 5.47. The van der Waals surface area contributed by atoms with Crippen molar-refractivity contribution in [2.24, 2.45) is 5.92 Å². The van der Waals surface area contributed by atoms with Gasteiger partial charge >= 0.3 is 0 Å². The Balaban J connectivity index is 2.00. The molecule has 1 aromatic rings. The van der Waals surface area contributed by atoms with E-state index in [9.17, 15) is 4.39 Å². The summed E-state index contributed by atoms with van der Waals surface area (Å²) in [5.41, 5.74) is 1.56. The molecule has 1 aliphatic heterocycles. The van der Waals surface area contributed by atoms with E-state index in [1.807, 2.05) is 19.1 Å². The third-order valence-corrected chi connectivity index (χ3v) is 3.54. The highest BCUT2D eigenvalue weighted by Crippen LogP contribution is 2.24. The van der Waals surface area contributed by atoms with Crippen molar-refractivity contribution in [2.45, 2.75) is 45.8 Å². The Morgan fingerprint density at radius 1 is 1.39 bits per heavy atom. The average molecular weight is 251 g/mol. The van der Waals surface area contributed by atoms with Gasteiger partial charge in [0.15, 0.2) is 0 Å². The van der Waals surface area contributed by atoms with Crippen LogP contribution in [0.5, 0.6) is 0 Å². The molecular weight excluding hydrogens is 229 g/mol. The van der Waals surface area contributed by atoms with Crippen molar-refractivity contribution < 1.29 is 9.13 Å². The lowest BCUT2D eigenvalue weighted by atomic mass is 9.95. The topological polar surface area (TPSA) is 21.3 Å². The summed E-state index contributed by atoms with van der Waals surface area (Å²) in [5, 5.41) is 3.31. The lowest BCUT2D eigenvalue weighted by Crippen LogP contribution is -2.36. The zero-order valence-corrected chi connectivity index (χ0v) is 11.4. The third kappa shape index (κ3) is 3.22. The molecule has 18 heavy (non-hydrogen) atoms. The largest absolute Gasteiger partial charge is 0.380 e. The molecule has 0 amide bonds. The third-order valence-electron chi connectivity index (χ3n) is 3.54. The first-order valence-corrected chi connectivity index (χ1v) is 6.70. The van der Waals surface area contributed by atoms with E-state index in [1.165, 1.54) is 0 Å². The van der Waals surface area contributed by atoms with Gasteiger partial charge in [0, 0.05) is 12.6 Å². The van der Waals surface area contributed by atoms with Crippen molar-refractivity contribution in [3.8, 4) is 0 Å². The monoisotopic (exact) mass is 251 g/mol. The molecule has 2 atom stereocenters. The Labute approximate surface area is 109 Å². The number of nitrogens with one attached hydrogen (secondary N) is 1. The summed E-state index contributed by atoms with van der Waals surface area (Å²) < 4.78 is 19.5. The SMILES string of the molecule is Cc1ccc(NC2CCOC(C(C)C)C2)c(F)c1. The molecule has 0 aliphatic carbocycles. The van der Waals surface area contributed by atoms with E-state index in [4.69, 9.17) is 4.74 Å². The average Bonchev–Trinajstić information content (AvgIpc) is 2.33. The van der Waals surface area contributed by atoms with Crippen molar-refractivity contribution in [2.75, 3.05) is 11.9 Å². The molecule has 2 unspecified atom stereocenters. The lowest BCUT2D eigenvalue weighted by Gasteiger charge is -2.33. The normalized spacial score (nSPS) is 24.3. The van der Waals surface area contributed by atoms with Gasteiger partial charge in [-0.1, -0.05) is 19.9 Å². The predicted molar refractivity (Wildman–Crippen MR) is 72.4 cm³/mol. The Hall–Kier alpha value is -1.09. The van der Waals surface area contributed by atoms with Crippen LogP contribution in [0.2, 0.25) is 0 Å². The number of halogens is 1. The molecule has 0 saturated carbocycles. The van der Waals surface area contributed by atoms with Crippen LogP contribution < -0.4 is 5.32 Å². The molecular formula is C15H22FNO. The molecule has 1 heterocycles. The van der Waals surface area contributed by atoms with Gasteiger partial charge in [-0.05, 0) is 43.4 Å². The Kier molecular flexibility index (Phi) is 4.23. The van der Waals surface area contributed by atoms with Crippen molar-refractivity contribution >= 4 is 5.69 Å². The van der Waals surface area contributed by atoms with Gasteiger partial charge < -0.3 is 10.1 Å². The van der Waals surface area contributed by atoms with Gasteiger partial charge in [-0.15, -0.1) is 0 Å². The van der Waals surface area contributed by atoms with Crippen LogP contribution in [0.25, 0.3) is 0 Å². The van der Waals surface area contributed by atoms with E-state index in [1.54, 1.807) is 6.07 Å². The Morgan fingerprint density at radius 3 is 2.83 bits per heavy atom. The number of hydrogen-bond acceptors (Lipinski definition) is 2. The molecule has 0 aromatic heterocycles. The summed E-state index contributed by atoms with van der Waals surface area (Å²) in [4.78, 5) is 0. The van der Waals surface area contributed by atoms with Crippen molar-refractivity contribution in [1.29, 1.82) is 0 Å². The molecule has 3 heteroatoms. The minimum absolute atomic E-state index is 0.164. The zero-order chi connectivity index (χ0) is 13.1. The zero-order valence-electron chi connectivity index (χ0n) is 11.4. The maximum Gasteiger partial charge on any atom is 0.146 e. The molecule has 0 bridgehead atoms. The number of benzene rings is 1. The first-order chi connectivity index (χ1) is 8.56. The van der Waals surface area contributed by atoms with Crippen LogP contribution in [-0.4, -0.2) is 18.8 Å². The van der Waals surface area contributed by atoms with E-state index in [-0.39, 0.29) is 11.9 Å². The van der Waals surface area contributed by atoms with E-state index >= 15 is 0 Å². The van der Waals surface area contributed by atoms with Gasteiger partial charge in [-0.3, -0.25) is 0 Å². The predicted octanol–water partition coefficient (Wildman–Crippen LogP) is 3.75. The number of anilines is 1. The fourth-order valence-electron chi connectivity index (χ4n) is 2.38. The van der Waals surface area contributed by atoms with Gasteiger partial charge in [0.05, 0.1) is 11.8 Å². The molecule has 1 fully saturated rings. The summed E-state index contributed by atoms with van der Waals surface area (Å²) >= 11 is 0. The van der Waals surface area contributed by atoms with Gasteiger partial charge in [0.2, 0.25) is 0 Å². The molecule has 100 valence electrons. The molecule has 1 aromatic carbocycles. The summed E-state index contributed by atoms with van der Waals surface area (Å²) in [6.45, 7) is 6.99. The van der Waals surface area contributed by atoms with Crippen LogP contribution in [-0.2, 0) is 4.74 Å². The first kappa shape index (κ1) is 13.3. The van der Waals surface area contributed by atoms with Gasteiger partial charge in [-0.2, -0.15) is 0 Å². The van der Waals surface area contributed by atoms with E-state index in [0.29, 0.717) is 17.6 Å². The number of ether oxygens (including phenoxy) is 1. The smallest absolute Gasteiger partial charge is 0.146 e. The maximum absolute atomic E-state index is 13.8. The molecule has 0 radical (unpaired) electrons. The molecule has 2 rings (SSSR count). The van der Waals surface area contributed by atoms with Crippen molar-refractivity contribution in [3.63, 3.8) is 0 Å². The van der Waals surface area contributed by atoms with Gasteiger partial charge in [-0.25, -0.2) is 4.39 Å². The minimum atomic E-state index is -0.164. The van der Waals surface area contributed by atoms with Crippen molar-refractivity contribution in [3.05, 3.63) is 29.6 Å². The standard InChI is InChI=1S/C15H22FNO/c1-10(2)15-9-12(6-7-18-15)17-14-5-4-11(3)8-13(14)16/h4-5,8,10,12,15,17H,6-7,9H2,1-3H3. The van der Waals surface area contributed by atoms with E-state index < -0.39 is 0 Å². The lowest BCUT2D eigenvalue weighted by molar-refractivity contribution is -0.0161. The molecule has 0 spiro atoms. The quantitative estimate of drug-likeness (QED) is 0.883. The fraction of sp³-hybridized carbons (Fsp3) is 0.600. The second-order valence-electron chi connectivity index (χ2n) is 5.50. The molecule has 1 saturated heterocycles. The van der Waals surface area contributed by atoms with Crippen LogP contribution >= 0.6 is 0 Å². The van der Waals surface area contributed by atoms with Crippen LogP contribution in [0.4, 0.5) is 10.1 Å². The summed E-state index contributed by atoms with van der Waals surface area (Å²) in [5.74, 6) is 0.347. The number of hydrogen-bond donors (Lipinski definition) is 1. The highest BCUT2D eigenvalue weighted by atomic mass is 19.1. The second kappa shape index (κ2) is 5.70. The van der Waals surface area contributed by atoms with Gasteiger partial charge in [0.25, 0.3) is 0 Å². The highest BCUT2D eigenvalue weighted by Gasteiger charge is 2.25. The number of aryl methyl sites for hydroxylation is 1. The Morgan fingerprint density at radius 2 is 2.17 bits per heavy atom. The van der Waals surface area contributed by atoms with E-state index in [2.05, 4.69) is 19.2 Å².